The Morgan fingerprint density at radius 1 is 1.75 bits per heavy atom. The molecular weight excluding hydrogens is 154 g/mol. The van der Waals surface area contributed by atoms with Crippen molar-refractivity contribution in [3.05, 3.63) is 0 Å². The first-order valence-electron chi connectivity index (χ1n) is 4.22. The molecule has 1 aliphatic rings. The fourth-order valence-electron chi connectivity index (χ4n) is 1.27. The Kier molecular flexibility index (Phi) is 3.55. The molecule has 2 N–H and O–H groups in total. The molecule has 1 amide bonds. The van der Waals surface area contributed by atoms with Crippen LogP contribution in [0, 0.1) is 11.3 Å². The molecule has 0 aliphatic carbocycles. The minimum absolute atomic E-state index is 0.0687. The molecule has 1 saturated heterocycles. The highest BCUT2D eigenvalue weighted by molar-refractivity contribution is 5.82. The summed E-state index contributed by atoms with van der Waals surface area (Å²) < 4.78 is 0. The van der Waals surface area contributed by atoms with E-state index in [1.807, 2.05) is 6.07 Å². The van der Waals surface area contributed by atoms with Crippen LogP contribution in [0.3, 0.4) is 0 Å². The van der Waals surface area contributed by atoms with Gasteiger partial charge in [0.25, 0.3) is 0 Å². The monoisotopic (exact) mass is 167 g/mol. The second-order valence-electron chi connectivity index (χ2n) is 2.85. The van der Waals surface area contributed by atoms with E-state index in [9.17, 15) is 4.79 Å². The Labute approximate surface area is 71.9 Å². The van der Waals surface area contributed by atoms with Gasteiger partial charge < -0.3 is 10.6 Å². The number of nitrogens with one attached hydrogen (secondary N) is 2. The number of carbonyl (C=O) groups excluding carboxylic acids is 1. The van der Waals surface area contributed by atoms with Gasteiger partial charge in [0, 0.05) is 19.5 Å². The highest BCUT2D eigenvalue weighted by atomic mass is 16.2. The van der Waals surface area contributed by atoms with Crippen LogP contribution in [0.1, 0.15) is 19.3 Å². The lowest BCUT2D eigenvalue weighted by atomic mass is 10.1. The number of nitriles is 1. The third-order valence-corrected chi connectivity index (χ3v) is 1.91. The van der Waals surface area contributed by atoms with Gasteiger partial charge >= 0.3 is 0 Å². The molecule has 4 heteroatoms. The van der Waals surface area contributed by atoms with Crippen molar-refractivity contribution in [3.8, 4) is 6.07 Å². The minimum Gasteiger partial charge on any atom is -0.355 e. The van der Waals surface area contributed by atoms with Crippen LogP contribution in [0.4, 0.5) is 0 Å². The molecule has 1 atom stereocenters. The van der Waals surface area contributed by atoms with Gasteiger partial charge in [-0.2, -0.15) is 5.26 Å². The van der Waals surface area contributed by atoms with E-state index in [2.05, 4.69) is 10.6 Å². The van der Waals surface area contributed by atoms with E-state index in [0.29, 0.717) is 13.0 Å². The van der Waals surface area contributed by atoms with Gasteiger partial charge in [0.1, 0.15) is 0 Å². The molecule has 4 nitrogen and oxygen atoms in total. The van der Waals surface area contributed by atoms with Gasteiger partial charge in [-0.05, 0) is 12.8 Å². The summed E-state index contributed by atoms with van der Waals surface area (Å²) in [5.41, 5.74) is 0. The lowest BCUT2D eigenvalue weighted by Gasteiger charge is -2.22. The molecule has 1 aliphatic heterocycles. The summed E-state index contributed by atoms with van der Waals surface area (Å²) >= 11 is 0. The maximum atomic E-state index is 11.1. The molecule has 0 spiro atoms. The van der Waals surface area contributed by atoms with Gasteiger partial charge in [0.15, 0.2) is 0 Å². The van der Waals surface area contributed by atoms with E-state index in [-0.39, 0.29) is 11.9 Å². The van der Waals surface area contributed by atoms with Crippen molar-refractivity contribution in [2.45, 2.75) is 25.3 Å². The summed E-state index contributed by atoms with van der Waals surface area (Å²) in [5, 5.41) is 14.1. The summed E-state index contributed by atoms with van der Waals surface area (Å²) in [7, 11) is 0. The summed E-state index contributed by atoms with van der Waals surface area (Å²) in [6.07, 6.45) is 2.37. The highest BCUT2D eigenvalue weighted by Gasteiger charge is 2.20. The molecule has 0 aromatic heterocycles. The largest absolute Gasteiger partial charge is 0.355 e. The van der Waals surface area contributed by atoms with Crippen LogP contribution in [0.25, 0.3) is 0 Å². The third-order valence-electron chi connectivity index (χ3n) is 1.91. The lowest BCUT2D eigenvalue weighted by molar-refractivity contribution is -0.124. The molecule has 1 heterocycles. The van der Waals surface area contributed by atoms with Crippen molar-refractivity contribution in [3.63, 3.8) is 0 Å². The van der Waals surface area contributed by atoms with Crippen LogP contribution in [0.2, 0.25) is 0 Å². The fraction of sp³-hybridized carbons (Fsp3) is 0.750. The average molecular weight is 167 g/mol. The maximum Gasteiger partial charge on any atom is 0.237 e. The number of piperidine rings is 1. The molecule has 0 radical (unpaired) electrons. The zero-order chi connectivity index (χ0) is 8.81. The predicted molar refractivity (Wildman–Crippen MR) is 44.3 cm³/mol. The first-order chi connectivity index (χ1) is 5.84. The SMILES string of the molecule is N#CCCNC1CCCNC1=O. The quantitative estimate of drug-likeness (QED) is 0.570. The van der Waals surface area contributed by atoms with E-state index < -0.39 is 0 Å². The second-order valence-corrected chi connectivity index (χ2v) is 2.85. The van der Waals surface area contributed by atoms with E-state index in [1.54, 1.807) is 0 Å². The minimum atomic E-state index is -0.0768. The van der Waals surface area contributed by atoms with Crippen LogP contribution < -0.4 is 10.6 Å². The van der Waals surface area contributed by atoms with Gasteiger partial charge in [-0.1, -0.05) is 0 Å². The standard InChI is InChI=1S/C8H13N3O/c9-4-2-6-10-7-3-1-5-11-8(7)12/h7,10H,1-3,5-6H2,(H,11,12). The zero-order valence-corrected chi connectivity index (χ0v) is 6.97. The topological polar surface area (TPSA) is 64.9 Å². The van der Waals surface area contributed by atoms with E-state index in [1.165, 1.54) is 0 Å². The van der Waals surface area contributed by atoms with Gasteiger partial charge in [-0.25, -0.2) is 0 Å². The molecule has 0 bridgehead atoms. The average Bonchev–Trinajstić information content (AvgIpc) is 2.09. The van der Waals surface area contributed by atoms with Crippen molar-refractivity contribution >= 4 is 5.91 Å². The van der Waals surface area contributed by atoms with Crippen molar-refractivity contribution in [1.82, 2.24) is 10.6 Å². The lowest BCUT2D eigenvalue weighted by Crippen LogP contribution is -2.48. The van der Waals surface area contributed by atoms with E-state index in [0.717, 1.165) is 19.4 Å². The molecule has 0 saturated carbocycles. The van der Waals surface area contributed by atoms with Crippen LogP contribution in [0.5, 0.6) is 0 Å². The zero-order valence-electron chi connectivity index (χ0n) is 6.97. The molecule has 1 rings (SSSR count). The Morgan fingerprint density at radius 3 is 3.25 bits per heavy atom. The predicted octanol–water partition coefficient (Wildman–Crippen LogP) is -0.232. The van der Waals surface area contributed by atoms with Gasteiger partial charge in [0.2, 0.25) is 5.91 Å². The second kappa shape index (κ2) is 4.73. The Balaban J connectivity index is 2.21. The summed E-state index contributed by atoms with van der Waals surface area (Å²) in [5.74, 6) is 0.0687. The summed E-state index contributed by atoms with van der Waals surface area (Å²) in [4.78, 5) is 11.1. The first kappa shape index (κ1) is 9.01. The number of nitrogens with zero attached hydrogens (tertiary/aromatic N) is 1. The Bertz CT molecular complexity index is 197. The van der Waals surface area contributed by atoms with Crippen LogP contribution in [-0.4, -0.2) is 25.0 Å². The molecule has 0 aromatic carbocycles. The number of amides is 1. The normalized spacial score (nSPS) is 22.9. The maximum absolute atomic E-state index is 11.1. The molecule has 1 unspecified atom stereocenters. The van der Waals surface area contributed by atoms with Crippen LogP contribution in [0.15, 0.2) is 0 Å². The third kappa shape index (κ3) is 2.51. The van der Waals surface area contributed by atoms with E-state index >= 15 is 0 Å². The van der Waals surface area contributed by atoms with Crippen molar-refractivity contribution < 1.29 is 4.79 Å². The number of hydrogen-bond acceptors (Lipinski definition) is 3. The van der Waals surface area contributed by atoms with Crippen molar-refractivity contribution in [1.29, 1.82) is 5.26 Å². The fourth-order valence-corrected chi connectivity index (χ4v) is 1.27. The van der Waals surface area contributed by atoms with Crippen molar-refractivity contribution in [2.75, 3.05) is 13.1 Å². The smallest absolute Gasteiger partial charge is 0.237 e. The number of rotatable bonds is 3. The first-order valence-corrected chi connectivity index (χ1v) is 4.22. The molecule has 1 fully saturated rings. The van der Waals surface area contributed by atoms with Gasteiger partial charge in [-0.15, -0.1) is 0 Å². The number of hydrogen-bond donors (Lipinski definition) is 2. The number of carbonyl (C=O) groups is 1. The van der Waals surface area contributed by atoms with Crippen molar-refractivity contribution in [2.24, 2.45) is 0 Å². The Hall–Kier alpha value is -1.08. The van der Waals surface area contributed by atoms with Crippen LogP contribution >= 0.6 is 0 Å². The molecular formula is C8H13N3O. The molecule has 0 aromatic rings. The summed E-state index contributed by atoms with van der Waals surface area (Å²) in [6, 6.07) is 1.95. The van der Waals surface area contributed by atoms with Crippen LogP contribution in [-0.2, 0) is 4.79 Å². The van der Waals surface area contributed by atoms with Gasteiger partial charge in [-0.3, -0.25) is 4.79 Å². The summed E-state index contributed by atoms with van der Waals surface area (Å²) in [6.45, 7) is 1.39. The van der Waals surface area contributed by atoms with E-state index in [4.69, 9.17) is 5.26 Å². The molecule has 12 heavy (non-hydrogen) atoms. The highest BCUT2D eigenvalue weighted by Crippen LogP contribution is 2.02. The Morgan fingerprint density at radius 2 is 2.58 bits per heavy atom. The molecule has 66 valence electrons. The van der Waals surface area contributed by atoms with Gasteiger partial charge in [0.05, 0.1) is 12.1 Å².